The molecular weight excluding hydrogens is 248 g/mol. The van der Waals surface area contributed by atoms with E-state index in [1.165, 1.54) is 9.80 Å². The zero-order valence-electron chi connectivity index (χ0n) is 11.7. The average molecular weight is 272 g/mol. The van der Waals surface area contributed by atoms with Gasteiger partial charge in [0.05, 0.1) is 6.61 Å². The zero-order chi connectivity index (χ0) is 14.4. The first-order chi connectivity index (χ1) is 9.01. The van der Waals surface area contributed by atoms with Crippen LogP contribution in [0.25, 0.3) is 0 Å². The van der Waals surface area contributed by atoms with Crippen molar-refractivity contribution in [1.82, 2.24) is 9.80 Å². The first kappa shape index (κ1) is 15.8. The third-order valence-corrected chi connectivity index (χ3v) is 3.53. The number of carbonyl (C=O) groups excluding carboxylic acids is 1. The SMILES string of the molecule is CCCN(CCO)C(=O)N1CCC(C)CC1C(=O)O. The van der Waals surface area contributed by atoms with Crippen LogP contribution in [0.4, 0.5) is 4.79 Å². The molecule has 110 valence electrons. The molecule has 0 aromatic carbocycles. The summed E-state index contributed by atoms with van der Waals surface area (Å²) in [5.41, 5.74) is 0. The first-order valence-corrected chi connectivity index (χ1v) is 6.90. The van der Waals surface area contributed by atoms with Gasteiger partial charge in [-0.25, -0.2) is 9.59 Å². The molecule has 1 aliphatic rings. The number of hydrogen-bond donors (Lipinski definition) is 2. The van der Waals surface area contributed by atoms with Crippen molar-refractivity contribution in [3.63, 3.8) is 0 Å². The standard InChI is InChI=1S/C13H24N2O4/c1-3-5-14(7-8-16)13(19)15-6-4-10(2)9-11(15)12(17)18/h10-11,16H,3-9H2,1-2H3,(H,17,18). The van der Waals surface area contributed by atoms with E-state index in [4.69, 9.17) is 5.11 Å². The van der Waals surface area contributed by atoms with Gasteiger partial charge in [-0.3, -0.25) is 0 Å². The van der Waals surface area contributed by atoms with Gasteiger partial charge in [-0.2, -0.15) is 0 Å². The number of rotatable bonds is 5. The number of aliphatic hydroxyl groups is 1. The van der Waals surface area contributed by atoms with Crippen LogP contribution in [-0.4, -0.2) is 64.3 Å². The van der Waals surface area contributed by atoms with Gasteiger partial charge in [0.1, 0.15) is 6.04 Å². The van der Waals surface area contributed by atoms with Gasteiger partial charge >= 0.3 is 12.0 Å². The second-order valence-electron chi connectivity index (χ2n) is 5.17. The Bertz CT molecular complexity index is 316. The number of carboxylic acids is 1. The molecule has 1 rings (SSSR count). The highest BCUT2D eigenvalue weighted by molar-refractivity contribution is 5.83. The fraction of sp³-hybridized carbons (Fsp3) is 0.846. The van der Waals surface area contributed by atoms with Crippen LogP contribution in [-0.2, 0) is 4.79 Å². The van der Waals surface area contributed by atoms with Gasteiger partial charge in [0.15, 0.2) is 0 Å². The minimum absolute atomic E-state index is 0.103. The van der Waals surface area contributed by atoms with Crippen LogP contribution in [0, 0.1) is 5.92 Å². The lowest BCUT2D eigenvalue weighted by Gasteiger charge is -2.39. The molecule has 0 aromatic rings. The number of urea groups is 1. The number of hydrogen-bond acceptors (Lipinski definition) is 3. The summed E-state index contributed by atoms with van der Waals surface area (Å²) in [6, 6.07) is -1.01. The van der Waals surface area contributed by atoms with Crippen LogP contribution < -0.4 is 0 Å². The molecule has 2 atom stereocenters. The van der Waals surface area contributed by atoms with Gasteiger partial charge in [-0.05, 0) is 25.2 Å². The Balaban J connectivity index is 2.78. The van der Waals surface area contributed by atoms with Crippen molar-refractivity contribution >= 4 is 12.0 Å². The molecule has 0 spiro atoms. The summed E-state index contributed by atoms with van der Waals surface area (Å²) in [7, 11) is 0. The Hall–Kier alpha value is -1.30. The number of carbonyl (C=O) groups is 2. The van der Waals surface area contributed by atoms with Crippen molar-refractivity contribution in [3.05, 3.63) is 0 Å². The van der Waals surface area contributed by atoms with Gasteiger partial charge in [0.25, 0.3) is 0 Å². The Morgan fingerprint density at radius 2 is 2.05 bits per heavy atom. The van der Waals surface area contributed by atoms with Gasteiger partial charge in [0.2, 0.25) is 0 Å². The molecule has 1 fully saturated rings. The highest BCUT2D eigenvalue weighted by Gasteiger charge is 2.36. The van der Waals surface area contributed by atoms with E-state index in [2.05, 4.69) is 0 Å². The number of carboxylic acid groups (broad SMARTS) is 1. The Morgan fingerprint density at radius 3 is 2.58 bits per heavy atom. The van der Waals surface area contributed by atoms with E-state index >= 15 is 0 Å². The van der Waals surface area contributed by atoms with Crippen molar-refractivity contribution in [2.45, 2.75) is 39.2 Å². The molecule has 6 nitrogen and oxygen atoms in total. The summed E-state index contributed by atoms with van der Waals surface area (Å²) in [5, 5.41) is 18.3. The lowest BCUT2D eigenvalue weighted by atomic mass is 9.92. The summed E-state index contributed by atoms with van der Waals surface area (Å²) in [4.78, 5) is 26.6. The van der Waals surface area contributed by atoms with Crippen LogP contribution in [0.15, 0.2) is 0 Å². The molecule has 0 saturated carbocycles. The second-order valence-corrected chi connectivity index (χ2v) is 5.17. The Labute approximate surface area is 114 Å². The molecule has 2 N–H and O–H groups in total. The minimum atomic E-state index is -0.944. The molecule has 19 heavy (non-hydrogen) atoms. The third kappa shape index (κ3) is 4.09. The molecular formula is C13H24N2O4. The normalized spacial score (nSPS) is 23.2. The number of nitrogens with zero attached hydrogens (tertiary/aromatic N) is 2. The van der Waals surface area contributed by atoms with E-state index in [0.717, 1.165) is 12.8 Å². The zero-order valence-corrected chi connectivity index (χ0v) is 11.7. The molecule has 0 radical (unpaired) electrons. The van der Waals surface area contributed by atoms with E-state index < -0.39 is 12.0 Å². The summed E-state index contributed by atoms with van der Waals surface area (Å²) < 4.78 is 0. The van der Waals surface area contributed by atoms with Crippen molar-refractivity contribution < 1.29 is 19.8 Å². The van der Waals surface area contributed by atoms with Crippen LogP contribution in [0.5, 0.6) is 0 Å². The van der Waals surface area contributed by atoms with Crippen molar-refractivity contribution in [2.75, 3.05) is 26.2 Å². The van der Waals surface area contributed by atoms with Gasteiger partial charge in [0, 0.05) is 19.6 Å². The summed E-state index contributed by atoms with van der Waals surface area (Å²) >= 11 is 0. The highest BCUT2D eigenvalue weighted by Crippen LogP contribution is 2.23. The minimum Gasteiger partial charge on any atom is -0.480 e. The molecule has 0 bridgehead atoms. The largest absolute Gasteiger partial charge is 0.480 e. The lowest BCUT2D eigenvalue weighted by molar-refractivity contribution is -0.144. The lowest BCUT2D eigenvalue weighted by Crippen LogP contribution is -2.54. The van der Waals surface area contributed by atoms with Crippen LogP contribution in [0.1, 0.15) is 33.1 Å². The predicted octanol–water partition coefficient (Wildman–Crippen LogP) is 0.996. The number of piperidine rings is 1. The van der Waals surface area contributed by atoms with Crippen molar-refractivity contribution in [3.8, 4) is 0 Å². The highest BCUT2D eigenvalue weighted by atomic mass is 16.4. The fourth-order valence-electron chi connectivity index (χ4n) is 2.48. The van der Waals surface area contributed by atoms with E-state index in [1.54, 1.807) is 0 Å². The van der Waals surface area contributed by atoms with E-state index in [-0.39, 0.29) is 19.2 Å². The maximum atomic E-state index is 12.4. The molecule has 0 aliphatic carbocycles. The van der Waals surface area contributed by atoms with Crippen LogP contribution in [0.3, 0.4) is 0 Å². The number of aliphatic carboxylic acids is 1. The molecule has 6 heteroatoms. The molecule has 1 heterocycles. The first-order valence-electron chi connectivity index (χ1n) is 6.90. The maximum Gasteiger partial charge on any atom is 0.326 e. The van der Waals surface area contributed by atoms with Gasteiger partial charge < -0.3 is 20.0 Å². The average Bonchev–Trinajstić information content (AvgIpc) is 2.37. The Morgan fingerprint density at radius 1 is 1.37 bits per heavy atom. The topological polar surface area (TPSA) is 81.1 Å². The maximum absolute atomic E-state index is 12.4. The number of likely N-dealkylation sites (tertiary alicyclic amines) is 1. The van der Waals surface area contributed by atoms with Crippen LogP contribution in [0.2, 0.25) is 0 Å². The molecule has 2 amide bonds. The third-order valence-electron chi connectivity index (χ3n) is 3.53. The second kappa shape index (κ2) is 7.33. The summed E-state index contributed by atoms with van der Waals surface area (Å²) in [6.45, 7) is 5.12. The summed E-state index contributed by atoms with van der Waals surface area (Å²) in [5.74, 6) is -0.622. The Kier molecular flexibility index (Phi) is 6.08. The van der Waals surface area contributed by atoms with Crippen LogP contribution >= 0.6 is 0 Å². The molecule has 0 aromatic heterocycles. The molecule has 2 unspecified atom stereocenters. The smallest absolute Gasteiger partial charge is 0.326 e. The van der Waals surface area contributed by atoms with Gasteiger partial charge in [-0.1, -0.05) is 13.8 Å². The van der Waals surface area contributed by atoms with Crippen molar-refractivity contribution in [2.24, 2.45) is 5.92 Å². The summed E-state index contributed by atoms with van der Waals surface area (Å²) in [6.07, 6.45) is 2.11. The molecule has 1 saturated heterocycles. The fourth-order valence-corrected chi connectivity index (χ4v) is 2.48. The van der Waals surface area contributed by atoms with E-state index in [0.29, 0.717) is 25.4 Å². The predicted molar refractivity (Wildman–Crippen MR) is 70.9 cm³/mol. The quantitative estimate of drug-likeness (QED) is 0.782. The molecule has 1 aliphatic heterocycles. The van der Waals surface area contributed by atoms with Crippen molar-refractivity contribution in [1.29, 1.82) is 0 Å². The van der Waals surface area contributed by atoms with E-state index in [9.17, 15) is 14.7 Å². The van der Waals surface area contributed by atoms with Gasteiger partial charge in [-0.15, -0.1) is 0 Å². The van der Waals surface area contributed by atoms with E-state index in [1.807, 2.05) is 13.8 Å². The number of amides is 2. The monoisotopic (exact) mass is 272 g/mol. The number of aliphatic hydroxyl groups excluding tert-OH is 1.